The maximum Gasteiger partial charge on any atom is 0.398 e. The second kappa shape index (κ2) is 15.2. The van der Waals surface area contributed by atoms with Crippen LogP contribution in [0.1, 0.15) is 59.8 Å². The summed E-state index contributed by atoms with van der Waals surface area (Å²) in [6.07, 6.45) is 2.29. The molecule has 0 fully saturated rings. The molecule has 0 rings (SSSR count). The zero-order valence-corrected chi connectivity index (χ0v) is 18.0. The van der Waals surface area contributed by atoms with Gasteiger partial charge in [-0.15, -0.1) is 9.35 Å². The van der Waals surface area contributed by atoms with Crippen molar-refractivity contribution in [3.63, 3.8) is 0 Å². The van der Waals surface area contributed by atoms with Gasteiger partial charge in [0.15, 0.2) is 11.2 Å². The van der Waals surface area contributed by atoms with Gasteiger partial charge in [0.25, 0.3) is 0 Å². The number of rotatable bonds is 16. The number of carbonyl (C=O) groups is 2. The van der Waals surface area contributed by atoms with Crippen LogP contribution < -0.4 is 0 Å². The van der Waals surface area contributed by atoms with E-state index in [1.807, 2.05) is 13.8 Å². The third-order valence-corrected chi connectivity index (χ3v) is 4.91. The van der Waals surface area contributed by atoms with E-state index in [0.29, 0.717) is 12.8 Å². The fraction of sp³-hybridized carbons (Fsp3) is 0.875. The third kappa shape index (κ3) is 11.7. The van der Waals surface area contributed by atoms with Crippen molar-refractivity contribution in [2.75, 3.05) is 19.8 Å². The second-order valence-electron chi connectivity index (χ2n) is 5.55. The predicted molar refractivity (Wildman–Crippen MR) is 97.9 cm³/mol. The Balaban J connectivity index is 5.33. The Morgan fingerprint density at radius 1 is 1.00 bits per heavy atom. The molecule has 0 aromatic rings. The van der Waals surface area contributed by atoms with Gasteiger partial charge in [0.1, 0.15) is 0 Å². The van der Waals surface area contributed by atoms with Crippen molar-refractivity contribution in [2.24, 2.45) is 0 Å². The number of ether oxygens (including phenoxy) is 2. The number of hydrogen-bond donors (Lipinski definition) is 0. The molecular formula is C16H30ClO9P. The third-order valence-electron chi connectivity index (χ3n) is 3.07. The highest BCUT2D eigenvalue weighted by Crippen LogP contribution is 2.55. The Labute approximate surface area is 165 Å². The number of unbranched alkanes of at least 4 members (excludes halogenated alkanes) is 2. The molecule has 9 nitrogen and oxygen atoms in total. The van der Waals surface area contributed by atoms with E-state index in [2.05, 4.69) is 4.89 Å². The zero-order chi connectivity index (χ0) is 20.7. The summed E-state index contributed by atoms with van der Waals surface area (Å²) in [4.78, 5) is 33.9. The van der Waals surface area contributed by atoms with Crippen LogP contribution in [0.5, 0.6) is 0 Å². The van der Waals surface area contributed by atoms with Crippen molar-refractivity contribution >= 4 is 31.1 Å². The van der Waals surface area contributed by atoms with Crippen LogP contribution in [-0.2, 0) is 42.8 Å². The number of alkyl halides is 1. The summed E-state index contributed by atoms with van der Waals surface area (Å²) in [6, 6.07) is 0. The molecule has 0 saturated carbocycles. The summed E-state index contributed by atoms with van der Waals surface area (Å²) in [5.74, 6) is -1.69. The van der Waals surface area contributed by atoms with Crippen molar-refractivity contribution in [1.82, 2.24) is 0 Å². The minimum atomic E-state index is -4.40. The number of halogens is 1. The molecule has 160 valence electrons. The maximum absolute atomic E-state index is 13.1. The largest absolute Gasteiger partial charge is 0.466 e. The predicted octanol–water partition coefficient (Wildman–Crippen LogP) is 4.13. The quantitative estimate of drug-likeness (QED) is 0.0888. The van der Waals surface area contributed by atoms with E-state index in [-0.39, 0.29) is 19.8 Å². The first-order valence-corrected chi connectivity index (χ1v) is 11.1. The molecule has 0 spiro atoms. The lowest BCUT2D eigenvalue weighted by Gasteiger charge is -2.23. The van der Waals surface area contributed by atoms with E-state index < -0.39 is 37.2 Å². The van der Waals surface area contributed by atoms with E-state index in [0.717, 1.165) is 12.8 Å². The maximum atomic E-state index is 13.1. The van der Waals surface area contributed by atoms with Crippen LogP contribution in [0.4, 0.5) is 0 Å². The first-order chi connectivity index (χ1) is 12.8. The molecule has 0 aliphatic rings. The molecule has 11 heteroatoms. The van der Waals surface area contributed by atoms with Crippen LogP contribution in [-0.4, -0.2) is 43.0 Å². The van der Waals surface area contributed by atoms with Crippen LogP contribution in [0.2, 0.25) is 0 Å². The molecular weight excluding hydrogens is 403 g/mol. The van der Waals surface area contributed by atoms with Crippen molar-refractivity contribution < 1.29 is 42.8 Å². The van der Waals surface area contributed by atoms with Crippen molar-refractivity contribution in [3.05, 3.63) is 0 Å². The highest BCUT2D eigenvalue weighted by Gasteiger charge is 2.47. The van der Waals surface area contributed by atoms with Gasteiger partial charge in [-0.05, 0) is 26.7 Å². The van der Waals surface area contributed by atoms with E-state index in [9.17, 15) is 14.2 Å². The smallest absolute Gasteiger partial charge is 0.398 e. The van der Waals surface area contributed by atoms with Gasteiger partial charge in [0, 0.05) is 0 Å². The molecule has 0 aromatic heterocycles. The van der Waals surface area contributed by atoms with E-state index in [4.69, 9.17) is 35.3 Å². The van der Waals surface area contributed by atoms with Crippen molar-refractivity contribution in [3.8, 4) is 0 Å². The topological polar surface area (TPSA) is 107 Å². The molecule has 0 saturated heterocycles. The first-order valence-electron chi connectivity index (χ1n) is 9.02. The lowest BCUT2D eigenvalue weighted by molar-refractivity contribution is -0.271. The minimum absolute atomic E-state index is 0.0162. The fourth-order valence-corrected chi connectivity index (χ4v) is 3.17. The average Bonchev–Trinajstić information content (AvgIpc) is 2.63. The SMILES string of the molecule is CCCCOC(=O)CC(C(=O)OCCCC)P(=O)(OOCC)OOC(C)Cl. The monoisotopic (exact) mass is 432 g/mol. The molecule has 0 bridgehead atoms. The van der Waals surface area contributed by atoms with Crippen LogP contribution in [0.25, 0.3) is 0 Å². The summed E-state index contributed by atoms with van der Waals surface area (Å²) in [5.41, 5.74) is -2.61. The highest BCUT2D eigenvalue weighted by molar-refractivity contribution is 7.55. The molecule has 3 atom stereocenters. The Morgan fingerprint density at radius 3 is 2.11 bits per heavy atom. The van der Waals surface area contributed by atoms with Gasteiger partial charge in [-0.3, -0.25) is 14.2 Å². The Morgan fingerprint density at radius 2 is 1.59 bits per heavy atom. The molecule has 0 radical (unpaired) electrons. The molecule has 3 unspecified atom stereocenters. The average molecular weight is 433 g/mol. The minimum Gasteiger partial charge on any atom is -0.466 e. The summed E-state index contributed by atoms with van der Waals surface area (Å²) in [7, 11) is -4.40. The van der Waals surface area contributed by atoms with Crippen LogP contribution >= 0.6 is 19.2 Å². The number of hydrogen-bond acceptors (Lipinski definition) is 9. The summed E-state index contributed by atoms with van der Waals surface area (Å²) >= 11 is 5.62. The van der Waals surface area contributed by atoms with Gasteiger partial charge in [-0.25, -0.2) is 9.78 Å². The van der Waals surface area contributed by atoms with Crippen molar-refractivity contribution in [2.45, 2.75) is 71.0 Å². The van der Waals surface area contributed by atoms with Crippen LogP contribution in [0.3, 0.4) is 0 Å². The van der Waals surface area contributed by atoms with Crippen LogP contribution in [0.15, 0.2) is 0 Å². The zero-order valence-electron chi connectivity index (χ0n) is 16.3. The number of esters is 2. The molecule has 0 N–H and O–H groups in total. The van der Waals surface area contributed by atoms with E-state index in [1.54, 1.807) is 6.92 Å². The molecule has 27 heavy (non-hydrogen) atoms. The Bertz CT molecular complexity index is 473. The first kappa shape index (κ1) is 26.3. The van der Waals surface area contributed by atoms with Gasteiger partial charge in [0.2, 0.25) is 0 Å². The lowest BCUT2D eigenvalue weighted by Crippen LogP contribution is -2.30. The second-order valence-corrected chi connectivity index (χ2v) is 8.17. The van der Waals surface area contributed by atoms with Gasteiger partial charge in [-0.1, -0.05) is 38.3 Å². The number of carbonyl (C=O) groups excluding carboxylic acids is 2. The fourth-order valence-electron chi connectivity index (χ4n) is 1.65. The molecule has 0 aliphatic carbocycles. The standard InChI is InChI=1S/C16H30ClO9P/c1-5-8-10-21-15(18)12-14(16(19)22-11-9-6-2)27(20,25-23-7-3)26-24-13(4)17/h13-14H,5-12H2,1-4H3. The van der Waals surface area contributed by atoms with E-state index in [1.165, 1.54) is 6.92 Å². The molecule has 0 aliphatic heterocycles. The van der Waals surface area contributed by atoms with Gasteiger partial charge in [0.05, 0.1) is 26.2 Å². The van der Waals surface area contributed by atoms with Gasteiger partial charge >= 0.3 is 19.5 Å². The Hall–Kier alpha value is -0.700. The van der Waals surface area contributed by atoms with Gasteiger partial charge in [-0.2, -0.15) is 0 Å². The van der Waals surface area contributed by atoms with E-state index >= 15 is 0 Å². The molecule has 0 amide bonds. The normalized spacial score (nSPS) is 15.6. The summed E-state index contributed by atoms with van der Waals surface area (Å²) in [5, 5.41) is 0. The Kier molecular flexibility index (Phi) is 14.9. The van der Waals surface area contributed by atoms with Gasteiger partial charge < -0.3 is 9.47 Å². The highest BCUT2D eigenvalue weighted by atomic mass is 35.5. The van der Waals surface area contributed by atoms with Crippen molar-refractivity contribution in [1.29, 1.82) is 0 Å². The molecule has 0 heterocycles. The summed E-state index contributed by atoms with van der Waals surface area (Å²) < 4.78 is 32.7. The molecule has 0 aromatic carbocycles. The lowest BCUT2D eigenvalue weighted by atomic mass is 10.3. The van der Waals surface area contributed by atoms with Crippen LogP contribution in [0, 0.1) is 0 Å². The summed E-state index contributed by atoms with van der Waals surface area (Å²) in [6.45, 7) is 7.12.